The molecule has 0 aromatic heterocycles. The van der Waals surface area contributed by atoms with Gasteiger partial charge in [0.2, 0.25) is 0 Å². The standard InChI is InChI=1S/C17H18O/c1-13(2)12-16(18)11-10-15-8-5-7-14-6-3-4-9-17(14)15/h3-11,13H,12H2,1-2H3/b11-10+. The van der Waals surface area contributed by atoms with E-state index in [0.717, 1.165) is 5.56 Å². The second-order valence-electron chi connectivity index (χ2n) is 4.97. The second kappa shape index (κ2) is 5.63. The van der Waals surface area contributed by atoms with E-state index in [-0.39, 0.29) is 5.78 Å². The summed E-state index contributed by atoms with van der Waals surface area (Å²) in [6.45, 7) is 4.12. The lowest BCUT2D eigenvalue weighted by Crippen LogP contribution is -1.98. The summed E-state index contributed by atoms with van der Waals surface area (Å²) in [6.07, 6.45) is 4.23. The summed E-state index contributed by atoms with van der Waals surface area (Å²) < 4.78 is 0. The van der Waals surface area contributed by atoms with Gasteiger partial charge in [-0.25, -0.2) is 0 Å². The molecule has 0 aliphatic carbocycles. The van der Waals surface area contributed by atoms with Crippen molar-refractivity contribution in [2.75, 3.05) is 0 Å². The van der Waals surface area contributed by atoms with Gasteiger partial charge in [-0.3, -0.25) is 4.79 Å². The fourth-order valence-electron chi connectivity index (χ4n) is 2.05. The van der Waals surface area contributed by atoms with Crippen molar-refractivity contribution < 1.29 is 4.79 Å². The fraction of sp³-hybridized carbons (Fsp3) is 0.235. The van der Waals surface area contributed by atoms with Crippen molar-refractivity contribution in [3.05, 3.63) is 54.1 Å². The van der Waals surface area contributed by atoms with Crippen LogP contribution in [-0.4, -0.2) is 5.78 Å². The highest BCUT2D eigenvalue weighted by atomic mass is 16.1. The predicted molar refractivity (Wildman–Crippen MR) is 77.4 cm³/mol. The Morgan fingerprint density at radius 2 is 1.83 bits per heavy atom. The molecule has 2 aromatic rings. The number of hydrogen-bond donors (Lipinski definition) is 0. The molecule has 0 heterocycles. The zero-order valence-electron chi connectivity index (χ0n) is 10.9. The molecule has 92 valence electrons. The highest BCUT2D eigenvalue weighted by Crippen LogP contribution is 2.19. The minimum atomic E-state index is 0.193. The van der Waals surface area contributed by atoms with Crippen molar-refractivity contribution in [2.45, 2.75) is 20.3 Å². The van der Waals surface area contributed by atoms with Gasteiger partial charge in [-0.2, -0.15) is 0 Å². The van der Waals surface area contributed by atoms with E-state index in [1.165, 1.54) is 10.8 Å². The van der Waals surface area contributed by atoms with Crippen LogP contribution < -0.4 is 0 Å². The van der Waals surface area contributed by atoms with Crippen LogP contribution in [0.4, 0.5) is 0 Å². The zero-order valence-corrected chi connectivity index (χ0v) is 10.9. The second-order valence-corrected chi connectivity index (χ2v) is 4.97. The molecule has 0 fully saturated rings. The highest BCUT2D eigenvalue weighted by molar-refractivity contribution is 5.97. The smallest absolute Gasteiger partial charge is 0.155 e. The van der Waals surface area contributed by atoms with Crippen LogP contribution in [0.5, 0.6) is 0 Å². The van der Waals surface area contributed by atoms with Gasteiger partial charge in [-0.05, 0) is 28.3 Å². The number of ketones is 1. The molecule has 0 saturated carbocycles. The van der Waals surface area contributed by atoms with Crippen LogP contribution in [0.15, 0.2) is 48.5 Å². The summed E-state index contributed by atoms with van der Waals surface area (Å²) in [5.74, 6) is 0.604. The Labute approximate surface area is 108 Å². The molecule has 0 amide bonds. The minimum absolute atomic E-state index is 0.193. The summed E-state index contributed by atoms with van der Waals surface area (Å²) in [5, 5.41) is 2.39. The molecular formula is C17H18O. The van der Waals surface area contributed by atoms with Gasteiger partial charge in [0.05, 0.1) is 0 Å². The van der Waals surface area contributed by atoms with Crippen molar-refractivity contribution >= 4 is 22.6 Å². The third-order valence-corrected chi connectivity index (χ3v) is 2.88. The maximum Gasteiger partial charge on any atom is 0.155 e. The van der Waals surface area contributed by atoms with Crippen molar-refractivity contribution in [1.82, 2.24) is 0 Å². The number of fused-ring (bicyclic) bond motifs is 1. The van der Waals surface area contributed by atoms with E-state index in [2.05, 4.69) is 32.0 Å². The summed E-state index contributed by atoms with van der Waals surface area (Å²) in [7, 11) is 0. The van der Waals surface area contributed by atoms with Crippen LogP contribution in [-0.2, 0) is 4.79 Å². The van der Waals surface area contributed by atoms with Gasteiger partial charge in [0.1, 0.15) is 0 Å². The molecule has 0 bridgehead atoms. The average molecular weight is 238 g/mol. The van der Waals surface area contributed by atoms with Gasteiger partial charge in [-0.1, -0.05) is 62.4 Å². The van der Waals surface area contributed by atoms with Crippen molar-refractivity contribution in [1.29, 1.82) is 0 Å². The van der Waals surface area contributed by atoms with E-state index in [9.17, 15) is 4.79 Å². The first-order chi connectivity index (χ1) is 8.66. The molecule has 0 N–H and O–H groups in total. The number of carbonyl (C=O) groups is 1. The molecule has 0 spiro atoms. The first kappa shape index (κ1) is 12.6. The van der Waals surface area contributed by atoms with E-state index in [1.807, 2.05) is 30.3 Å². The van der Waals surface area contributed by atoms with Crippen molar-refractivity contribution in [3.8, 4) is 0 Å². The lowest BCUT2D eigenvalue weighted by atomic mass is 10.0. The molecule has 0 saturated heterocycles. The number of allylic oxidation sites excluding steroid dienone is 1. The lowest BCUT2D eigenvalue weighted by Gasteiger charge is -2.02. The van der Waals surface area contributed by atoms with E-state index < -0.39 is 0 Å². The summed E-state index contributed by atoms with van der Waals surface area (Å²) in [6, 6.07) is 14.4. The molecule has 0 radical (unpaired) electrons. The zero-order chi connectivity index (χ0) is 13.0. The van der Waals surface area contributed by atoms with Gasteiger partial charge < -0.3 is 0 Å². The van der Waals surface area contributed by atoms with Crippen LogP contribution >= 0.6 is 0 Å². The average Bonchev–Trinajstić information content (AvgIpc) is 2.35. The van der Waals surface area contributed by atoms with Crippen LogP contribution in [0, 0.1) is 5.92 Å². The predicted octanol–water partition coefficient (Wildman–Crippen LogP) is 4.47. The van der Waals surface area contributed by atoms with E-state index in [0.29, 0.717) is 12.3 Å². The van der Waals surface area contributed by atoms with E-state index in [4.69, 9.17) is 0 Å². The highest BCUT2D eigenvalue weighted by Gasteiger charge is 2.01. The molecule has 2 rings (SSSR count). The maximum absolute atomic E-state index is 11.7. The third-order valence-electron chi connectivity index (χ3n) is 2.88. The normalized spacial score (nSPS) is 11.5. The lowest BCUT2D eigenvalue weighted by molar-refractivity contribution is -0.115. The number of rotatable bonds is 4. The monoisotopic (exact) mass is 238 g/mol. The molecule has 18 heavy (non-hydrogen) atoms. The third kappa shape index (κ3) is 3.07. The first-order valence-corrected chi connectivity index (χ1v) is 6.35. The number of hydrogen-bond acceptors (Lipinski definition) is 1. The van der Waals surface area contributed by atoms with Gasteiger partial charge in [0.25, 0.3) is 0 Å². The molecule has 0 aliphatic heterocycles. The maximum atomic E-state index is 11.7. The van der Waals surface area contributed by atoms with Crippen LogP contribution in [0.25, 0.3) is 16.8 Å². The van der Waals surface area contributed by atoms with Gasteiger partial charge in [-0.15, -0.1) is 0 Å². The van der Waals surface area contributed by atoms with Crippen LogP contribution in [0.1, 0.15) is 25.8 Å². The van der Waals surface area contributed by atoms with Gasteiger partial charge >= 0.3 is 0 Å². The largest absolute Gasteiger partial charge is 0.295 e. The Morgan fingerprint density at radius 1 is 1.11 bits per heavy atom. The van der Waals surface area contributed by atoms with Gasteiger partial charge in [0, 0.05) is 6.42 Å². The first-order valence-electron chi connectivity index (χ1n) is 6.35. The van der Waals surface area contributed by atoms with Crippen LogP contribution in [0.3, 0.4) is 0 Å². The fourth-order valence-corrected chi connectivity index (χ4v) is 2.05. The quantitative estimate of drug-likeness (QED) is 0.718. The molecule has 2 aromatic carbocycles. The Bertz CT molecular complexity index is 574. The Balaban J connectivity index is 2.27. The topological polar surface area (TPSA) is 17.1 Å². The number of benzene rings is 2. The SMILES string of the molecule is CC(C)CC(=O)/C=C/c1cccc2ccccc12. The van der Waals surface area contributed by atoms with Crippen molar-refractivity contribution in [2.24, 2.45) is 5.92 Å². The Kier molecular flexibility index (Phi) is 3.93. The Hall–Kier alpha value is -1.89. The summed E-state index contributed by atoms with van der Waals surface area (Å²) in [5.41, 5.74) is 1.10. The Morgan fingerprint density at radius 3 is 2.61 bits per heavy atom. The molecule has 0 unspecified atom stereocenters. The minimum Gasteiger partial charge on any atom is -0.295 e. The van der Waals surface area contributed by atoms with Gasteiger partial charge in [0.15, 0.2) is 5.78 Å². The molecule has 0 atom stereocenters. The van der Waals surface area contributed by atoms with Crippen molar-refractivity contribution in [3.63, 3.8) is 0 Å². The summed E-state index contributed by atoms with van der Waals surface area (Å²) in [4.78, 5) is 11.7. The van der Waals surface area contributed by atoms with E-state index in [1.54, 1.807) is 6.08 Å². The van der Waals surface area contributed by atoms with Crippen LogP contribution in [0.2, 0.25) is 0 Å². The van der Waals surface area contributed by atoms with E-state index >= 15 is 0 Å². The number of carbonyl (C=O) groups excluding carboxylic acids is 1. The summed E-state index contributed by atoms with van der Waals surface area (Å²) >= 11 is 0. The molecule has 1 nitrogen and oxygen atoms in total. The molecule has 0 aliphatic rings. The molecule has 1 heteroatoms. The molecular weight excluding hydrogens is 220 g/mol.